The van der Waals surface area contributed by atoms with Gasteiger partial charge in [0.2, 0.25) is 0 Å². The minimum Gasteiger partial charge on any atom is -0.299 e. The molecule has 1 aliphatic carbocycles. The Labute approximate surface area is 56.0 Å². The van der Waals surface area contributed by atoms with Gasteiger partial charge < -0.3 is 0 Å². The fourth-order valence-corrected chi connectivity index (χ4v) is 2.76. The maximum absolute atomic E-state index is 2.68. The number of nitrogens with zero attached hydrogens (tertiary/aromatic N) is 1. The molecule has 3 saturated heterocycles. The van der Waals surface area contributed by atoms with E-state index in [4.69, 9.17) is 0 Å². The molecule has 2 bridgehead atoms. The molecule has 3 aliphatic heterocycles. The molecule has 0 aromatic rings. The zero-order valence-electron chi connectivity index (χ0n) is 5.71. The van der Waals surface area contributed by atoms with Crippen molar-refractivity contribution in [2.24, 2.45) is 11.8 Å². The lowest BCUT2D eigenvalue weighted by atomic mass is 9.66. The smallest absolute Gasteiger partial charge is 0.0124 e. The lowest BCUT2D eigenvalue weighted by Gasteiger charge is -2.59. The topological polar surface area (TPSA) is 3.24 Å². The van der Waals surface area contributed by atoms with Crippen LogP contribution in [0, 0.1) is 11.8 Å². The SMILES string of the molecule is C1CC2C1CC1CN2C1. The Morgan fingerprint density at radius 1 is 1.11 bits per heavy atom. The Kier molecular flexibility index (Phi) is 0.704. The van der Waals surface area contributed by atoms with Gasteiger partial charge in [-0.15, -0.1) is 0 Å². The van der Waals surface area contributed by atoms with Crippen LogP contribution in [-0.2, 0) is 0 Å². The summed E-state index contributed by atoms with van der Waals surface area (Å²) in [5.41, 5.74) is 0. The summed E-state index contributed by atoms with van der Waals surface area (Å²) in [4.78, 5) is 2.68. The third-order valence-corrected chi connectivity index (χ3v) is 3.47. The minimum atomic E-state index is 1.05. The molecule has 0 amide bonds. The molecule has 0 radical (unpaired) electrons. The molecule has 4 fully saturated rings. The standard InChI is InChI=1S/C8H13N/c1-2-8-7(1)3-6-4-9(8)5-6/h6-8H,1-5H2. The molecule has 2 unspecified atom stereocenters. The summed E-state index contributed by atoms with van der Waals surface area (Å²) < 4.78 is 0. The van der Waals surface area contributed by atoms with Gasteiger partial charge in [0.25, 0.3) is 0 Å². The van der Waals surface area contributed by atoms with Gasteiger partial charge in [-0.25, -0.2) is 0 Å². The van der Waals surface area contributed by atoms with Crippen molar-refractivity contribution in [2.75, 3.05) is 13.1 Å². The predicted molar refractivity (Wildman–Crippen MR) is 36.2 cm³/mol. The molecule has 9 heavy (non-hydrogen) atoms. The zero-order chi connectivity index (χ0) is 5.84. The van der Waals surface area contributed by atoms with E-state index in [9.17, 15) is 0 Å². The third kappa shape index (κ3) is 0.454. The fraction of sp³-hybridized carbons (Fsp3) is 1.00. The normalized spacial score (nSPS) is 61.3. The molecule has 4 aliphatic rings. The molecular formula is C8H13N. The van der Waals surface area contributed by atoms with Gasteiger partial charge >= 0.3 is 0 Å². The molecule has 0 spiro atoms. The van der Waals surface area contributed by atoms with Crippen LogP contribution in [0.15, 0.2) is 0 Å². The summed E-state index contributed by atoms with van der Waals surface area (Å²) in [5.74, 6) is 2.25. The van der Waals surface area contributed by atoms with E-state index in [0.717, 1.165) is 17.9 Å². The third-order valence-electron chi connectivity index (χ3n) is 3.47. The highest BCUT2D eigenvalue weighted by molar-refractivity contribution is 5.01. The Hall–Kier alpha value is -0.0400. The number of hydrogen-bond donors (Lipinski definition) is 0. The molecular weight excluding hydrogens is 110 g/mol. The summed E-state index contributed by atoms with van der Waals surface area (Å²) in [6.45, 7) is 2.89. The Morgan fingerprint density at radius 2 is 2.00 bits per heavy atom. The van der Waals surface area contributed by atoms with E-state index in [0.29, 0.717) is 0 Å². The largest absolute Gasteiger partial charge is 0.299 e. The van der Waals surface area contributed by atoms with E-state index in [1.165, 1.54) is 25.9 Å². The first-order valence-electron chi connectivity index (χ1n) is 4.17. The van der Waals surface area contributed by atoms with Crippen molar-refractivity contribution >= 4 is 0 Å². The molecule has 3 heterocycles. The molecule has 1 nitrogen and oxygen atoms in total. The van der Waals surface area contributed by atoms with E-state index >= 15 is 0 Å². The molecule has 1 heteroatoms. The average Bonchev–Trinajstić information content (AvgIpc) is 1.67. The fourth-order valence-electron chi connectivity index (χ4n) is 2.76. The number of rotatable bonds is 0. The van der Waals surface area contributed by atoms with Gasteiger partial charge in [-0.2, -0.15) is 0 Å². The monoisotopic (exact) mass is 123 g/mol. The van der Waals surface area contributed by atoms with E-state index in [1.54, 1.807) is 6.42 Å². The van der Waals surface area contributed by atoms with Crippen LogP contribution >= 0.6 is 0 Å². The Bertz CT molecular complexity index is 136. The number of piperidine rings is 2. The van der Waals surface area contributed by atoms with Crippen molar-refractivity contribution in [2.45, 2.75) is 25.3 Å². The van der Waals surface area contributed by atoms with Crippen LogP contribution in [0.4, 0.5) is 0 Å². The van der Waals surface area contributed by atoms with Gasteiger partial charge in [-0.3, -0.25) is 4.90 Å². The maximum Gasteiger partial charge on any atom is 0.0124 e. The zero-order valence-corrected chi connectivity index (χ0v) is 5.71. The van der Waals surface area contributed by atoms with E-state index in [1.807, 2.05) is 0 Å². The van der Waals surface area contributed by atoms with Crippen molar-refractivity contribution in [3.63, 3.8) is 0 Å². The van der Waals surface area contributed by atoms with Gasteiger partial charge in [0.05, 0.1) is 0 Å². The second-order valence-corrected chi connectivity index (χ2v) is 3.96. The molecule has 50 valence electrons. The van der Waals surface area contributed by atoms with Crippen molar-refractivity contribution in [1.82, 2.24) is 4.90 Å². The van der Waals surface area contributed by atoms with Crippen molar-refractivity contribution < 1.29 is 0 Å². The average molecular weight is 123 g/mol. The van der Waals surface area contributed by atoms with Crippen LogP contribution in [0.25, 0.3) is 0 Å². The summed E-state index contributed by atoms with van der Waals surface area (Å²) in [6.07, 6.45) is 4.62. The van der Waals surface area contributed by atoms with Crippen molar-refractivity contribution in [1.29, 1.82) is 0 Å². The van der Waals surface area contributed by atoms with Gasteiger partial charge in [0, 0.05) is 19.1 Å². The van der Waals surface area contributed by atoms with Crippen LogP contribution in [0.3, 0.4) is 0 Å². The van der Waals surface area contributed by atoms with Crippen LogP contribution in [0.1, 0.15) is 19.3 Å². The quantitative estimate of drug-likeness (QED) is 0.466. The van der Waals surface area contributed by atoms with Crippen LogP contribution < -0.4 is 0 Å². The minimum absolute atomic E-state index is 1.05. The number of hydrogen-bond acceptors (Lipinski definition) is 1. The summed E-state index contributed by atoms with van der Waals surface area (Å²) in [6, 6.07) is 1.05. The highest BCUT2D eigenvalue weighted by Crippen LogP contribution is 2.46. The van der Waals surface area contributed by atoms with Gasteiger partial charge in [-0.05, 0) is 31.1 Å². The van der Waals surface area contributed by atoms with E-state index in [2.05, 4.69) is 4.90 Å². The van der Waals surface area contributed by atoms with Gasteiger partial charge in [-0.1, -0.05) is 0 Å². The van der Waals surface area contributed by atoms with Crippen LogP contribution in [0.2, 0.25) is 0 Å². The first-order chi connectivity index (χ1) is 4.43. The lowest BCUT2D eigenvalue weighted by Crippen LogP contribution is -2.63. The molecule has 0 aromatic carbocycles. The first kappa shape index (κ1) is 4.73. The molecule has 0 aromatic heterocycles. The summed E-state index contributed by atoms with van der Waals surface area (Å²) in [7, 11) is 0. The Balaban J connectivity index is 1.84. The lowest BCUT2D eigenvalue weighted by molar-refractivity contribution is -0.0918. The Morgan fingerprint density at radius 3 is 2.33 bits per heavy atom. The second-order valence-electron chi connectivity index (χ2n) is 3.96. The first-order valence-corrected chi connectivity index (χ1v) is 4.17. The highest BCUT2D eigenvalue weighted by Gasteiger charge is 2.47. The molecule has 1 saturated carbocycles. The van der Waals surface area contributed by atoms with Crippen LogP contribution in [-0.4, -0.2) is 24.0 Å². The predicted octanol–water partition coefficient (Wildman–Crippen LogP) is 1.10. The van der Waals surface area contributed by atoms with Crippen molar-refractivity contribution in [3.05, 3.63) is 0 Å². The molecule has 0 N–H and O–H groups in total. The van der Waals surface area contributed by atoms with E-state index < -0.39 is 0 Å². The summed E-state index contributed by atoms with van der Waals surface area (Å²) in [5, 5.41) is 0. The summed E-state index contributed by atoms with van der Waals surface area (Å²) >= 11 is 0. The highest BCUT2D eigenvalue weighted by atomic mass is 15.2. The van der Waals surface area contributed by atoms with Crippen molar-refractivity contribution in [3.8, 4) is 0 Å². The maximum atomic E-state index is 2.68. The van der Waals surface area contributed by atoms with E-state index in [-0.39, 0.29) is 0 Å². The second kappa shape index (κ2) is 1.34. The van der Waals surface area contributed by atoms with Crippen LogP contribution in [0.5, 0.6) is 0 Å². The molecule has 2 atom stereocenters. The molecule has 4 rings (SSSR count). The van der Waals surface area contributed by atoms with Gasteiger partial charge in [0.1, 0.15) is 0 Å². The van der Waals surface area contributed by atoms with Gasteiger partial charge in [0.15, 0.2) is 0 Å².